The summed E-state index contributed by atoms with van der Waals surface area (Å²) in [4.78, 5) is 10.0. The number of nitrogens with one attached hydrogen (secondary N) is 1. The Bertz CT molecular complexity index is 286. The number of phenolic OH excluding ortho intramolecular Hbond substituents is 1. The molecule has 1 aromatic rings. The molecule has 2 N–H and O–H groups in total. The van der Waals surface area contributed by atoms with Crippen LogP contribution in [-0.2, 0) is 4.79 Å². The average Bonchev–Trinajstić information content (AvgIpc) is 2.58. The van der Waals surface area contributed by atoms with Crippen LogP contribution in [-0.4, -0.2) is 17.2 Å². The molecule has 0 saturated heterocycles. The van der Waals surface area contributed by atoms with Crippen LogP contribution in [0, 0.1) is 0 Å². The third kappa shape index (κ3) is 3.91. The van der Waals surface area contributed by atoms with Gasteiger partial charge in [-0.3, -0.25) is 4.79 Å². The van der Waals surface area contributed by atoms with Gasteiger partial charge in [0.15, 0.2) is 0 Å². The normalized spacial score (nSPS) is 13.1. The van der Waals surface area contributed by atoms with Crippen LogP contribution >= 0.6 is 0 Å². The van der Waals surface area contributed by atoms with Gasteiger partial charge in [0.25, 0.3) is 0 Å². The van der Waals surface area contributed by atoms with Crippen LogP contribution in [0.2, 0.25) is 0 Å². The Hall–Kier alpha value is -1.84. The van der Waals surface area contributed by atoms with E-state index in [4.69, 9.17) is 5.11 Å². The van der Waals surface area contributed by atoms with Crippen molar-refractivity contribution in [2.45, 2.75) is 6.42 Å². The van der Waals surface area contributed by atoms with Crippen LogP contribution in [0.5, 0.6) is 5.75 Å². The van der Waals surface area contributed by atoms with Crippen LogP contribution in [0.4, 0.5) is 0 Å². The second-order valence-corrected chi connectivity index (χ2v) is 2.39. The zero-order valence-electron chi connectivity index (χ0n) is 6.97. The molecular weight excluding hydrogens is 168 g/mol. The maximum absolute atomic E-state index is 10.0. The Kier molecular flexibility index (Phi) is 3.50. The van der Waals surface area contributed by atoms with Crippen molar-refractivity contribution >= 4 is 12.1 Å². The minimum absolute atomic E-state index is 0.0185. The first-order chi connectivity index (χ1) is 6.29. The Balaban J connectivity index is 0.000000132. The van der Waals surface area contributed by atoms with Gasteiger partial charge in [0.1, 0.15) is 5.75 Å². The number of amides is 1. The molecule has 0 spiro atoms. The van der Waals surface area contributed by atoms with Crippen molar-refractivity contribution in [3.63, 3.8) is 0 Å². The largest absolute Gasteiger partial charge is 0.508 e. The maximum Gasteiger partial charge on any atom is 0.245 e. The monoisotopic (exact) mass is 178 g/mol. The molecule has 68 valence electrons. The summed E-state index contributed by atoms with van der Waals surface area (Å²) in [5.41, 5.74) is 2.25. The highest BCUT2D eigenvalue weighted by atomic mass is 16.3. The smallest absolute Gasteiger partial charge is 0.245 e. The van der Waals surface area contributed by atoms with Gasteiger partial charge in [0.2, 0.25) is 5.91 Å². The number of nitrogens with zero attached hydrogens (tertiary/aromatic N) is 1. The molecule has 4 nitrogen and oxygen atoms in total. The predicted molar refractivity (Wildman–Crippen MR) is 49.4 cm³/mol. The summed E-state index contributed by atoms with van der Waals surface area (Å²) in [6.07, 6.45) is 1.99. The SMILES string of the molecule is O=C1CC=NN1.Oc1ccccc1. The van der Waals surface area contributed by atoms with Gasteiger partial charge in [0, 0.05) is 6.21 Å². The predicted octanol–water partition coefficient (Wildman–Crippen LogP) is 0.884. The van der Waals surface area contributed by atoms with E-state index in [1.54, 1.807) is 30.5 Å². The maximum atomic E-state index is 10.0. The van der Waals surface area contributed by atoms with E-state index in [2.05, 4.69) is 10.5 Å². The summed E-state index contributed by atoms with van der Waals surface area (Å²) >= 11 is 0. The third-order valence-corrected chi connectivity index (χ3v) is 1.31. The average molecular weight is 178 g/mol. The van der Waals surface area contributed by atoms with E-state index in [0.717, 1.165) is 0 Å². The van der Waals surface area contributed by atoms with Gasteiger partial charge >= 0.3 is 0 Å². The Morgan fingerprint density at radius 2 is 2.00 bits per heavy atom. The van der Waals surface area contributed by atoms with Gasteiger partial charge in [-0.05, 0) is 12.1 Å². The van der Waals surface area contributed by atoms with Gasteiger partial charge < -0.3 is 5.11 Å². The van der Waals surface area contributed by atoms with Gasteiger partial charge in [0.05, 0.1) is 6.42 Å². The molecule has 0 fully saturated rings. The lowest BCUT2D eigenvalue weighted by atomic mass is 10.3. The number of benzene rings is 1. The van der Waals surface area contributed by atoms with Gasteiger partial charge in [-0.15, -0.1) is 0 Å². The first kappa shape index (κ1) is 9.25. The van der Waals surface area contributed by atoms with Gasteiger partial charge in [-0.1, -0.05) is 18.2 Å². The van der Waals surface area contributed by atoms with Crippen LogP contribution in [0.1, 0.15) is 6.42 Å². The molecule has 1 aliphatic heterocycles. The lowest BCUT2D eigenvalue weighted by Gasteiger charge is -1.82. The number of carbonyl (C=O) groups excluding carboxylic acids is 1. The molecule has 1 aromatic carbocycles. The molecule has 0 aromatic heterocycles. The Morgan fingerprint density at radius 3 is 2.23 bits per heavy atom. The number of hydrazone groups is 1. The Morgan fingerprint density at radius 1 is 1.31 bits per heavy atom. The molecule has 0 radical (unpaired) electrons. The van der Waals surface area contributed by atoms with Crippen molar-refractivity contribution in [3.8, 4) is 5.75 Å². The van der Waals surface area contributed by atoms with E-state index in [9.17, 15) is 4.79 Å². The van der Waals surface area contributed by atoms with E-state index in [-0.39, 0.29) is 5.91 Å². The van der Waals surface area contributed by atoms with Gasteiger partial charge in [-0.2, -0.15) is 5.10 Å². The summed E-state index contributed by atoms with van der Waals surface area (Å²) in [6, 6.07) is 8.71. The molecule has 1 heterocycles. The Labute approximate surface area is 75.9 Å². The molecule has 0 unspecified atom stereocenters. The highest BCUT2D eigenvalue weighted by Crippen LogP contribution is 2.02. The zero-order chi connectivity index (χ0) is 9.52. The minimum atomic E-state index is -0.0185. The number of para-hydroxylation sites is 1. The van der Waals surface area contributed by atoms with E-state index >= 15 is 0 Å². The minimum Gasteiger partial charge on any atom is -0.508 e. The topological polar surface area (TPSA) is 61.7 Å². The second-order valence-electron chi connectivity index (χ2n) is 2.39. The summed E-state index contributed by atoms with van der Waals surface area (Å²) in [5.74, 6) is 0.303. The third-order valence-electron chi connectivity index (χ3n) is 1.31. The molecule has 1 amide bonds. The van der Waals surface area contributed by atoms with Crippen molar-refractivity contribution in [1.82, 2.24) is 5.43 Å². The van der Waals surface area contributed by atoms with Crippen molar-refractivity contribution < 1.29 is 9.90 Å². The standard InChI is InChI=1S/C6H6O.C3H4N2O/c7-6-4-2-1-3-5-6;6-3-1-2-4-5-3/h1-5,7H;2H,1H2,(H,5,6). The molecule has 0 saturated carbocycles. The van der Waals surface area contributed by atoms with Crippen LogP contribution in [0.25, 0.3) is 0 Å². The van der Waals surface area contributed by atoms with Crippen LogP contribution < -0.4 is 5.43 Å². The lowest BCUT2D eigenvalue weighted by molar-refractivity contribution is -0.119. The van der Waals surface area contributed by atoms with Crippen molar-refractivity contribution in [2.24, 2.45) is 5.10 Å². The van der Waals surface area contributed by atoms with Crippen molar-refractivity contribution in [3.05, 3.63) is 30.3 Å². The summed E-state index contributed by atoms with van der Waals surface area (Å²) in [7, 11) is 0. The zero-order valence-corrected chi connectivity index (χ0v) is 6.97. The van der Waals surface area contributed by atoms with E-state index in [1.807, 2.05) is 6.07 Å². The van der Waals surface area contributed by atoms with E-state index < -0.39 is 0 Å². The molecule has 13 heavy (non-hydrogen) atoms. The van der Waals surface area contributed by atoms with E-state index in [0.29, 0.717) is 12.2 Å². The second kappa shape index (κ2) is 4.92. The number of rotatable bonds is 0. The first-order valence-electron chi connectivity index (χ1n) is 3.83. The van der Waals surface area contributed by atoms with Crippen molar-refractivity contribution in [2.75, 3.05) is 0 Å². The van der Waals surface area contributed by atoms with Crippen LogP contribution in [0.15, 0.2) is 35.4 Å². The fourth-order valence-electron chi connectivity index (χ4n) is 0.720. The quantitative estimate of drug-likeness (QED) is 0.619. The van der Waals surface area contributed by atoms with E-state index in [1.165, 1.54) is 0 Å². The molecule has 1 aliphatic rings. The number of carbonyl (C=O) groups is 1. The molecule has 0 aliphatic carbocycles. The van der Waals surface area contributed by atoms with Crippen LogP contribution in [0.3, 0.4) is 0 Å². The summed E-state index contributed by atoms with van der Waals surface area (Å²) in [6.45, 7) is 0. The highest BCUT2D eigenvalue weighted by molar-refractivity contribution is 5.93. The fraction of sp³-hybridized carbons (Fsp3) is 0.111. The molecule has 2 rings (SSSR count). The first-order valence-corrected chi connectivity index (χ1v) is 3.83. The summed E-state index contributed by atoms with van der Waals surface area (Å²) in [5, 5.41) is 12.1. The number of hydrogen-bond donors (Lipinski definition) is 2. The number of hydrogen-bond acceptors (Lipinski definition) is 3. The molecular formula is C9H10N2O2. The van der Waals surface area contributed by atoms with Crippen molar-refractivity contribution in [1.29, 1.82) is 0 Å². The summed E-state index contributed by atoms with van der Waals surface area (Å²) < 4.78 is 0. The highest BCUT2D eigenvalue weighted by Gasteiger charge is 1.99. The fourth-order valence-corrected chi connectivity index (χ4v) is 0.720. The number of phenols is 1. The molecule has 0 atom stereocenters. The molecule has 4 heteroatoms. The lowest BCUT2D eigenvalue weighted by Crippen LogP contribution is -2.08. The molecule has 0 bridgehead atoms. The van der Waals surface area contributed by atoms with Gasteiger partial charge in [-0.25, -0.2) is 5.43 Å². The number of aromatic hydroxyl groups is 1.